The van der Waals surface area contributed by atoms with Gasteiger partial charge in [-0.15, -0.1) is 0 Å². The maximum atomic E-state index is 8.98. The molecule has 0 spiro atoms. The number of halogens is 1. The first-order valence-corrected chi connectivity index (χ1v) is 6.14. The third-order valence-electron chi connectivity index (χ3n) is 2.18. The molecule has 0 amide bonds. The fraction of sp³-hybridized carbons (Fsp3) is 0.143. The van der Waals surface area contributed by atoms with Crippen molar-refractivity contribution in [2.75, 3.05) is 0 Å². The Morgan fingerprint density at radius 3 is 2.00 bits per heavy atom. The Hall–Kier alpha value is -1.48. The Kier molecular flexibility index (Phi) is 5.57. The number of rotatable bonds is 1. The Bertz CT molecular complexity index is 455. The smallest absolute Gasteiger partial charge is 0.157 e. The van der Waals surface area contributed by atoms with E-state index >= 15 is 0 Å². The third kappa shape index (κ3) is 4.91. The molecule has 90 valence electrons. The molecule has 0 bridgehead atoms. The minimum atomic E-state index is -0.0581. The summed E-state index contributed by atoms with van der Waals surface area (Å²) in [4.78, 5) is 0. The van der Waals surface area contributed by atoms with Crippen LogP contribution in [0.3, 0.4) is 0 Å². The largest absolute Gasteiger partial charge is 0.504 e. The zero-order valence-corrected chi connectivity index (χ0v) is 11.2. The van der Waals surface area contributed by atoms with E-state index in [1.807, 2.05) is 37.3 Å². The second kappa shape index (κ2) is 6.97. The van der Waals surface area contributed by atoms with Crippen LogP contribution in [0.4, 0.5) is 0 Å². The lowest BCUT2D eigenvalue weighted by Gasteiger charge is -1.98. The lowest BCUT2D eigenvalue weighted by atomic mass is 10.1. The molecule has 0 fully saturated rings. The second-order valence-electron chi connectivity index (χ2n) is 3.47. The van der Waals surface area contributed by atoms with Gasteiger partial charge in [-0.1, -0.05) is 47.1 Å². The van der Waals surface area contributed by atoms with Gasteiger partial charge in [0.2, 0.25) is 0 Å². The molecule has 0 atom stereocenters. The summed E-state index contributed by atoms with van der Waals surface area (Å²) in [5.74, 6) is -0.100. The molecule has 0 heterocycles. The number of hydrogen-bond acceptors (Lipinski definition) is 2. The van der Waals surface area contributed by atoms with Crippen molar-refractivity contribution in [2.45, 2.75) is 13.3 Å². The molecule has 17 heavy (non-hydrogen) atoms. The van der Waals surface area contributed by atoms with Gasteiger partial charge >= 0.3 is 0 Å². The fourth-order valence-electron chi connectivity index (χ4n) is 1.20. The number of benzene rings is 2. The van der Waals surface area contributed by atoms with Gasteiger partial charge in [0.1, 0.15) is 0 Å². The summed E-state index contributed by atoms with van der Waals surface area (Å²) in [6.45, 7) is 1.99. The van der Waals surface area contributed by atoms with Crippen molar-refractivity contribution in [2.24, 2.45) is 0 Å². The molecule has 3 heteroatoms. The molecule has 0 aliphatic rings. The quantitative estimate of drug-likeness (QED) is 0.777. The van der Waals surface area contributed by atoms with Crippen LogP contribution >= 0.6 is 15.9 Å². The van der Waals surface area contributed by atoms with Crippen LogP contribution in [0.5, 0.6) is 11.5 Å². The Morgan fingerprint density at radius 2 is 1.59 bits per heavy atom. The minimum absolute atomic E-state index is 0.0423. The van der Waals surface area contributed by atoms with E-state index in [2.05, 4.69) is 15.9 Å². The van der Waals surface area contributed by atoms with Crippen LogP contribution in [-0.4, -0.2) is 10.2 Å². The average molecular weight is 295 g/mol. The highest BCUT2D eigenvalue weighted by atomic mass is 79.9. The molecule has 0 aliphatic carbocycles. The van der Waals surface area contributed by atoms with Gasteiger partial charge in [-0.25, -0.2) is 0 Å². The van der Waals surface area contributed by atoms with E-state index in [-0.39, 0.29) is 11.5 Å². The van der Waals surface area contributed by atoms with E-state index in [1.54, 1.807) is 12.1 Å². The monoisotopic (exact) mass is 294 g/mol. The second-order valence-corrected chi connectivity index (χ2v) is 4.39. The molecule has 2 N–H and O–H groups in total. The van der Waals surface area contributed by atoms with Crippen LogP contribution in [0.1, 0.15) is 12.5 Å². The van der Waals surface area contributed by atoms with Crippen LogP contribution in [0.25, 0.3) is 0 Å². The summed E-state index contributed by atoms with van der Waals surface area (Å²) < 4.78 is 1.13. The summed E-state index contributed by atoms with van der Waals surface area (Å²) in [5.41, 5.74) is 1.02. The summed E-state index contributed by atoms with van der Waals surface area (Å²) in [6, 6.07) is 14.8. The fourth-order valence-corrected chi connectivity index (χ4v) is 1.51. The van der Waals surface area contributed by atoms with Crippen LogP contribution in [0, 0.1) is 0 Å². The predicted molar refractivity (Wildman–Crippen MR) is 73.3 cm³/mol. The van der Waals surface area contributed by atoms with Crippen LogP contribution in [0.2, 0.25) is 0 Å². The first-order valence-electron chi connectivity index (χ1n) is 5.35. The maximum absolute atomic E-state index is 8.98. The van der Waals surface area contributed by atoms with Crippen molar-refractivity contribution < 1.29 is 10.2 Å². The van der Waals surface area contributed by atoms with Crippen molar-refractivity contribution in [1.82, 2.24) is 0 Å². The molecule has 2 rings (SSSR count). The first kappa shape index (κ1) is 13.6. The number of aromatic hydroxyl groups is 2. The molecule has 0 radical (unpaired) electrons. The highest BCUT2D eigenvalue weighted by Gasteiger charge is 1.97. The van der Waals surface area contributed by atoms with Gasteiger partial charge in [0, 0.05) is 4.47 Å². The third-order valence-corrected chi connectivity index (χ3v) is 2.71. The van der Waals surface area contributed by atoms with E-state index in [0.29, 0.717) is 0 Å². The minimum Gasteiger partial charge on any atom is -0.504 e. The molecule has 2 aromatic carbocycles. The average Bonchev–Trinajstić information content (AvgIpc) is 2.34. The zero-order chi connectivity index (χ0) is 12.7. The normalized spacial score (nSPS) is 9.29. The molecule has 0 saturated heterocycles. The van der Waals surface area contributed by atoms with Gasteiger partial charge in [0.05, 0.1) is 0 Å². The van der Waals surface area contributed by atoms with Crippen LogP contribution in [-0.2, 0) is 6.42 Å². The molecule has 0 saturated carbocycles. The summed E-state index contributed by atoms with van der Waals surface area (Å²) in [7, 11) is 0. The van der Waals surface area contributed by atoms with E-state index in [4.69, 9.17) is 10.2 Å². The van der Waals surface area contributed by atoms with E-state index < -0.39 is 0 Å². The highest BCUT2D eigenvalue weighted by Crippen LogP contribution is 2.24. The SMILES string of the molecule is Brc1ccccc1.CCc1ccc(O)c(O)c1. The first-order chi connectivity index (χ1) is 8.13. The van der Waals surface area contributed by atoms with Gasteiger partial charge in [-0.3, -0.25) is 0 Å². The van der Waals surface area contributed by atoms with Crippen molar-refractivity contribution in [1.29, 1.82) is 0 Å². The molecule has 0 aromatic heterocycles. The van der Waals surface area contributed by atoms with Crippen molar-refractivity contribution in [3.8, 4) is 11.5 Å². The van der Waals surface area contributed by atoms with Gasteiger partial charge in [0.25, 0.3) is 0 Å². The van der Waals surface area contributed by atoms with E-state index in [0.717, 1.165) is 16.5 Å². The summed E-state index contributed by atoms with van der Waals surface area (Å²) in [6.07, 6.45) is 0.869. The number of aryl methyl sites for hydroxylation is 1. The Labute approximate surface area is 110 Å². The molecule has 2 aromatic rings. The number of hydrogen-bond donors (Lipinski definition) is 2. The Balaban J connectivity index is 0.000000181. The molecular weight excluding hydrogens is 280 g/mol. The standard InChI is InChI=1S/C8H10O2.C6H5Br/c1-2-6-3-4-7(9)8(10)5-6;7-6-4-2-1-3-5-6/h3-5,9-10H,2H2,1H3;1-5H. The number of phenolic OH excluding ortho intramolecular Hbond substituents is 2. The van der Waals surface area contributed by atoms with Crippen molar-refractivity contribution in [3.05, 3.63) is 58.6 Å². The zero-order valence-electron chi connectivity index (χ0n) is 9.60. The van der Waals surface area contributed by atoms with Crippen LogP contribution < -0.4 is 0 Å². The maximum Gasteiger partial charge on any atom is 0.157 e. The van der Waals surface area contributed by atoms with E-state index in [9.17, 15) is 0 Å². The Morgan fingerprint density at radius 1 is 0.941 bits per heavy atom. The van der Waals surface area contributed by atoms with Crippen LogP contribution in [0.15, 0.2) is 53.0 Å². The van der Waals surface area contributed by atoms with Gasteiger partial charge in [-0.05, 0) is 36.2 Å². The summed E-state index contributed by atoms with van der Waals surface area (Å²) in [5, 5.41) is 17.9. The van der Waals surface area contributed by atoms with Gasteiger partial charge in [-0.2, -0.15) is 0 Å². The topological polar surface area (TPSA) is 40.5 Å². The van der Waals surface area contributed by atoms with Crippen molar-refractivity contribution >= 4 is 15.9 Å². The molecular formula is C14H15BrO2. The predicted octanol–water partition coefficient (Wildman–Crippen LogP) is 4.11. The van der Waals surface area contributed by atoms with E-state index in [1.165, 1.54) is 6.07 Å². The lowest BCUT2D eigenvalue weighted by Crippen LogP contribution is -1.77. The lowest BCUT2D eigenvalue weighted by molar-refractivity contribution is 0.403. The van der Waals surface area contributed by atoms with Crippen molar-refractivity contribution in [3.63, 3.8) is 0 Å². The molecule has 2 nitrogen and oxygen atoms in total. The summed E-state index contributed by atoms with van der Waals surface area (Å²) >= 11 is 3.31. The number of phenols is 2. The molecule has 0 unspecified atom stereocenters. The van der Waals surface area contributed by atoms with Gasteiger partial charge < -0.3 is 10.2 Å². The molecule has 0 aliphatic heterocycles. The van der Waals surface area contributed by atoms with Gasteiger partial charge in [0.15, 0.2) is 11.5 Å². The highest BCUT2D eigenvalue weighted by molar-refractivity contribution is 9.10.